The topological polar surface area (TPSA) is 26.0 Å². The minimum Gasteiger partial charge on any atom is -0.445 e. The molecular formula is C12H15ClF3NO. The molecule has 1 aliphatic carbocycles. The predicted octanol–water partition coefficient (Wildman–Crippen LogP) is 4.29. The molecule has 0 bridgehead atoms. The Morgan fingerprint density at radius 2 is 2.06 bits per heavy atom. The SMILES string of the molecule is FC(F)(F)C1CCCCC1c1cnc(CCCl)o1. The molecule has 6 heteroatoms. The van der Waals surface area contributed by atoms with E-state index < -0.39 is 18.0 Å². The maximum Gasteiger partial charge on any atom is 0.392 e. The van der Waals surface area contributed by atoms with Crippen LogP contribution in [0, 0.1) is 5.92 Å². The quantitative estimate of drug-likeness (QED) is 0.773. The lowest BCUT2D eigenvalue weighted by atomic mass is 9.77. The summed E-state index contributed by atoms with van der Waals surface area (Å²) in [6.45, 7) is 0. The summed E-state index contributed by atoms with van der Waals surface area (Å²) in [4.78, 5) is 3.98. The van der Waals surface area contributed by atoms with Gasteiger partial charge in [-0.05, 0) is 12.8 Å². The van der Waals surface area contributed by atoms with Gasteiger partial charge in [0, 0.05) is 18.2 Å². The molecule has 0 aliphatic heterocycles. The smallest absolute Gasteiger partial charge is 0.392 e. The van der Waals surface area contributed by atoms with Gasteiger partial charge >= 0.3 is 6.18 Å². The highest BCUT2D eigenvalue weighted by Gasteiger charge is 2.47. The number of hydrogen-bond acceptors (Lipinski definition) is 2. The van der Waals surface area contributed by atoms with Crippen molar-refractivity contribution in [2.24, 2.45) is 5.92 Å². The van der Waals surface area contributed by atoms with Gasteiger partial charge in [0.2, 0.25) is 0 Å². The summed E-state index contributed by atoms with van der Waals surface area (Å²) in [6.07, 6.45) is -0.155. The Kier molecular flexibility index (Phi) is 4.20. The van der Waals surface area contributed by atoms with Crippen molar-refractivity contribution >= 4 is 11.6 Å². The molecule has 1 fully saturated rings. The monoisotopic (exact) mass is 281 g/mol. The van der Waals surface area contributed by atoms with Crippen molar-refractivity contribution in [2.75, 3.05) is 5.88 Å². The first-order valence-corrected chi connectivity index (χ1v) is 6.63. The largest absolute Gasteiger partial charge is 0.445 e. The molecule has 2 nitrogen and oxygen atoms in total. The van der Waals surface area contributed by atoms with Crippen molar-refractivity contribution in [3.8, 4) is 0 Å². The molecule has 1 saturated carbocycles. The lowest BCUT2D eigenvalue weighted by molar-refractivity contribution is -0.188. The number of aromatic nitrogens is 1. The van der Waals surface area contributed by atoms with Gasteiger partial charge in [-0.25, -0.2) is 4.98 Å². The maximum absolute atomic E-state index is 12.9. The third-order valence-electron chi connectivity index (χ3n) is 3.43. The van der Waals surface area contributed by atoms with Crippen LogP contribution in [-0.2, 0) is 6.42 Å². The van der Waals surface area contributed by atoms with Crippen LogP contribution in [0.15, 0.2) is 10.6 Å². The van der Waals surface area contributed by atoms with Gasteiger partial charge in [0.25, 0.3) is 0 Å². The molecule has 0 spiro atoms. The molecule has 2 unspecified atom stereocenters. The standard InChI is InChI=1S/C12H15ClF3NO/c13-6-5-11-17-7-10(18-11)8-3-1-2-4-9(8)12(14,15)16/h7-9H,1-6H2. The van der Waals surface area contributed by atoms with Crippen molar-refractivity contribution < 1.29 is 17.6 Å². The van der Waals surface area contributed by atoms with Crippen LogP contribution >= 0.6 is 11.6 Å². The van der Waals surface area contributed by atoms with E-state index in [0.717, 1.165) is 6.42 Å². The van der Waals surface area contributed by atoms with Crippen molar-refractivity contribution in [1.82, 2.24) is 4.98 Å². The zero-order chi connectivity index (χ0) is 13.2. The second-order valence-corrected chi connectivity index (χ2v) is 5.01. The fourth-order valence-corrected chi connectivity index (χ4v) is 2.72. The maximum atomic E-state index is 12.9. The Bertz CT molecular complexity index is 391. The molecular weight excluding hydrogens is 267 g/mol. The predicted molar refractivity (Wildman–Crippen MR) is 61.7 cm³/mol. The molecule has 0 radical (unpaired) electrons. The van der Waals surface area contributed by atoms with Gasteiger partial charge in [0.1, 0.15) is 5.76 Å². The first-order chi connectivity index (χ1) is 8.52. The molecule has 0 aromatic carbocycles. The highest BCUT2D eigenvalue weighted by molar-refractivity contribution is 6.17. The highest BCUT2D eigenvalue weighted by Crippen LogP contribution is 2.46. The first-order valence-electron chi connectivity index (χ1n) is 6.09. The Labute approximate surface area is 109 Å². The van der Waals surface area contributed by atoms with Gasteiger partial charge in [0.15, 0.2) is 5.89 Å². The van der Waals surface area contributed by atoms with E-state index in [-0.39, 0.29) is 6.42 Å². The van der Waals surface area contributed by atoms with Gasteiger partial charge in [-0.2, -0.15) is 13.2 Å². The van der Waals surface area contributed by atoms with Gasteiger partial charge in [-0.1, -0.05) is 12.8 Å². The minimum atomic E-state index is -4.16. The normalized spacial score (nSPS) is 25.3. The average Bonchev–Trinajstić information content (AvgIpc) is 2.77. The molecule has 1 aliphatic rings. The molecule has 0 N–H and O–H groups in total. The van der Waals surface area contributed by atoms with E-state index in [0.29, 0.717) is 36.8 Å². The van der Waals surface area contributed by atoms with E-state index in [1.807, 2.05) is 0 Å². The molecule has 2 rings (SSSR count). The van der Waals surface area contributed by atoms with Crippen LogP contribution in [0.25, 0.3) is 0 Å². The second-order valence-electron chi connectivity index (χ2n) is 4.63. The summed E-state index contributed by atoms with van der Waals surface area (Å²) < 4.78 is 44.2. The molecule has 18 heavy (non-hydrogen) atoms. The molecule has 1 heterocycles. The summed E-state index contributed by atoms with van der Waals surface area (Å²) >= 11 is 5.55. The van der Waals surface area contributed by atoms with Crippen LogP contribution in [0.5, 0.6) is 0 Å². The number of hydrogen-bond donors (Lipinski definition) is 0. The minimum absolute atomic E-state index is 0.180. The van der Waals surface area contributed by atoms with Crippen LogP contribution in [-0.4, -0.2) is 17.0 Å². The van der Waals surface area contributed by atoms with Gasteiger partial charge in [-0.15, -0.1) is 11.6 Å². The molecule has 102 valence electrons. The summed E-state index contributed by atoms with van der Waals surface area (Å²) in [5, 5.41) is 0. The summed E-state index contributed by atoms with van der Waals surface area (Å²) in [7, 11) is 0. The molecule has 1 aromatic heterocycles. The molecule has 1 aromatic rings. The number of nitrogens with zero attached hydrogens (tertiary/aromatic N) is 1. The van der Waals surface area contributed by atoms with E-state index in [4.69, 9.17) is 16.0 Å². The van der Waals surface area contributed by atoms with E-state index in [2.05, 4.69) is 4.98 Å². The zero-order valence-electron chi connectivity index (χ0n) is 9.84. The van der Waals surface area contributed by atoms with E-state index in [1.165, 1.54) is 6.20 Å². The fraction of sp³-hybridized carbons (Fsp3) is 0.750. The van der Waals surface area contributed by atoms with Gasteiger partial charge in [0.05, 0.1) is 12.1 Å². The molecule has 2 atom stereocenters. The van der Waals surface area contributed by atoms with E-state index in [9.17, 15) is 13.2 Å². The lowest BCUT2D eigenvalue weighted by Crippen LogP contribution is -2.31. The fourth-order valence-electron chi connectivity index (χ4n) is 2.56. The van der Waals surface area contributed by atoms with Gasteiger partial charge in [-0.3, -0.25) is 0 Å². The van der Waals surface area contributed by atoms with Crippen molar-refractivity contribution in [1.29, 1.82) is 0 Å². The first kappa shape index (κ1) is 13.7. The Morgan fingerprint density at radius 1 is 1.33 bits per heavy atom. The third kappa shape index (κ3) is 2.99. The number of rotatable bonds is 3. The number of alkyl halides is 4. The van der Waals surface area contributed by atoms with Gasteiger partial charge < -0.3 is 4.42 Å². The highest BCUT2D eigenvalue weighted by atomic mass is 35.5. The van der Waals surface area contributed by atoms with E-state index >= 15 is 0 Å². The summed E-state index contributed by atoms with van der Waals surface area (Å²) in [5.41, 5.74) is 0. The van der Waals surface area contributed by atoms with Crippen molar-refractivity contribution in [3.05, 3.63) is 17.8 Å². The third-order valence-corrected chi connectivity index (χ3v) is 3.62. The molecule has 0 saturated heterocycles. The Balaban J connectivity index is 2.17. The summed E-state index contributed by atoms with van der Waals surface area (Å²) in [5.74, 6) is -0.755. The lowest BCUT2D eigenvalue weighted by Gasteiger charge is -2.31. The Morgan fingerprint density at radius 3 is 2.72 bits per heavy atom. The average molecular weight is 282 g/mol. The van der Waals surface area contributed by atoms with E-state index in [1.54, 1.807) is 0 Å². The summed E-state index contributed by atoms with van der Waals surface area (Å²) in [6, 6.07) is 0. The second kappa shape index (κ2) is 5.51. The van der Waals surface area contributed by atoms with Crippen LogP contribution < -0.4 is 0 Å². The Hall–Kier alpha value is -0.710. The number of aryl methyl sites for hydroxylation is 1. The number of halogens is 4. The van der Waals surface area contributed by atoms with Crippen LogP contribution in [0.4, 0.5) is 13.2 Å². The molecule has 0 amide bonds. The zero-order valence-corrected chi connectivity index (χ0v) is 10.6. The van der Waals surface area contributed by atoms with Crippen LogP contribution in [0.1, 0.15) is 43.3 Å². The van der Waals surface area contributed by atoms with Crippen molar-refractivity contribution in [3.63, 3.8) is 0 Å². The van der Waals surface area contributed by atoms with Crippen LogP contribution in [0.2, 0.25) is 0 Å². The van der Waals surface area contributed by atoms with Crippen LogP contribution in [0.3, 0.4) is 0 Å². The number of oxazole rings is 1. The van der Waals surface area contributed by atoms with Crippen molar-refractivity contribution in [2.45, 2.75) is 44.2 Å².